The molecule has 4 rings (SSSR count). The maximum atomic E-state index is 13.5. The standard InChI is InChI=1S/C19H22N4O4S/c1-11-6-7-22-14-5-4-13(23(26)27)9-12(14)10-19(15(22)8-11)16(24)20(2)18(28)21(3)17(19)25/h4-5,9,11,15H,6-8,10H2,1-3H3. The van der Waals surface area contributed by atoms with Gasteiger partial charge in [-0.25, -0.2) is 0 Å². The van der Waals surface area contributed by atoms with Gasteiger partial charge in [0.1, 0.15) is 0 Å². The van der Waals surface area contributed by atoms with Crippen molar-refractivity contribution in [3.63, 3.8) is 0 Å². The number of carbonyl (C=O) groups excluding carboxylic acids is 2. The molecule has 2 unspecified atom stereocenters. The number of nitro benzene ring substituents is 1. The molecule has 28 heavy (non-hydrogen) atoms. The van der Waals surface area contributed by atoms with Crippen molar-refractivity contribution >= 4 is 40.5 Å². The van der Waals surface area contributed by atoms with Crippen molar-refractivity contribution in [3.05, 3.63) is 33.9 Å². The summed E-state index contributed by atoms with van der Waals surface area (Å²) in [6.45, 7) is 2.84. The lowest BCUT2D eigenvalue weighted by atomic mass is 9.64. The van der Waals surface area contributed by atoms with Crippen LogP contribution in [0.2, 0.25) is 0 Å². The van der Waals surface area contributed by atoms with E-state index in [1.165, 1.54) is 21.9 Å². The third-order valence-corrected chi connectivity index (χ3v) is 6.98. The molecule has 3 heterocycles. The van der Waals surface area contributed by atoms with E-state index in [1.807, 2.05) is 0 Å². The molecule has 1 aromatic rings. The minimum atomic E-state index is -1.32. The first-order valence-corrected chi connectivity index (χ1v) is 9.73. The molecule has 1 spiro atoms. The first-order valence-electron chi connectivity index (χ1n) is 9.32. The Kier molecular flexibility index (Phi) is 4.18. The number of anilines is 1. The van der Waals surface area contributed by atoms with E-state index in [-0.39, 0.29) is 35.1 Å². The van der Waals surface area contributed by atoms with E-state index >= 15 is 0 Å². The second kappa shape index (κ2) is 6.23. The Labute approximate surface area is 168 Å². The van der Waals surface area contributed by atoms with Crippen LogP contribution in [0.1, 0.15) is 25.3 Å². The minimum absolute atomic E-state index is 0.0364. The van der Waals surface area contributed by atoms with E-state index in [1.54, 1.807) is 20.2 Å². The topological polar surface area (TPSA) is 87.0 Å². The van der Waals surface area contributed by atoms with Crippen LogP contribution in [-0.2, 0) is 16.0 Å². The van der Waals surface area contributed by atoms with Gasteiger partial charge in [-0.3, -0.25) is 29.5 Å². The highest BCUT2D eigenvalue weighted by atomic mass is 32.1. The Balaban J connectivity index is 1.92. The van der Waals surface area contributed by atoms with Crippen molar-refractivity contribution in [2.24, 2.45) is 11.3 Å². The molecule has 2 fully saturated rings. The van der Waals surface area contributed by atoms with Crippen LogP contribution >= 0.6 is 12.2 Å². The van der Waals surface area contributed by atoms with Crippen LogP contribution in [0, 0.1) is 21.4 Å². The normalized spacial score (nSPS) is 26.4. The first kappa shape index (κ1) is 18.8. The summed E-state index contributed by atoms with van der Waals surface area (Å²) in [5.74, 6) is -0.258. The highest BCUT2D eigenvalue weighted by Gasteiger charge is 2.62. The van der Waals surface area contributed by atoms with E-state index < -0.39 is 10.3 Å². The number of nitro groups is 1. The molecule has 0 bridgehead atoms. The van der Waals surface area contributed by atoms with E-state index in [4.69, 9.17) is 12.2 Å². The predicted octanol–water partition coefficient (Wildman–Crippen LogP) is 1.96. The van der Waals surface area contributed by atoms with Gasteiger partial charge in [-0.05, 0) is 42.6 Å². The molecular weight excluding hydrogens is 380 g/mol. The van der Waals surface area contributed by atoms with Gasteiger partial charge in [0, 0.05) is 44.9 Å². The summed E-state index contributed by atoms with van der Waals surface area (Å²) in [6.07, 6.45) is 1.80. The average molecular weight is 402 g/mol. The van der Waals surface area contributed by atoms with E-state index in [2.05, 4.69) is 11.8 Å². The Hall–Kier alpha value is -2.55. The molecule has 2 amide bonds. The number of thiocarbonyl (C=S) groups is 1. The Morgan fingerprint density at radius 2 is 1.86 bits per heavy atom. The van der Waals surface area contributed by atoms with Crippen molar-refractivity contribution in [2.45, 2.75) is 32.2 Å². The molecule has 3 aliphatic heterocycles. The zero-order valence-electron chi connectivity index (χ0n) is 16.0. The van der Waals surface area contributed by atoms with Gasteiger partial charge in [0.15, 0.2) is 10.5 Å². The smallest absolute Gasteiger partial charge is 0.269 e. The number of carbonyl (C=O) groups is 2. The molecule has 1 aromatic carbocycles. The molecule has 2 atom stereocenters. The summed E-state index contributed by atoms with van der Waals surface area (Å²) in [5, 5.41) is 11.5. The number of piperidine rings is 1. The molecule has 0 aromatic heterocycles. The van der Waals surface area contributed by atoms with E-state index in [9.17, 15) is 19.7 Å². The Morgan fingerprint density at radius 1 is 1.21 bits per heavy atom. The van der Waals surface area contributed by atoms with Crippen molar-refractivity contribution in [2.75, 3.05) is 25.5 Å². The zero-order chi connectivity index (χ0) is 20.4. The molecule has 2 saturated heterocycles. The van der Waals surface area contributed by atoms with Crippen molar-refractivity contribution in [1.29, 1.82) is 0 Å². The van der Waals surface area contributed by atoms with Crippen molar-refractivity contribution < 1.29 is 14.5 Å². The number of hydrogen-bond acceptors (Lipinski definition) is 6. The van der Waals surface area contributed by atoms with Crippen LogP contribution in [0.4, 0.5) is 11.4 Å². The fraction of sp³-hybridized carbons (Fsp3) is 0.526. The molecular formula is C19H22N4O4S. The second-order valence-corrected chi connectivity index (χ2v) is 8.43. The third-order valence-electron chi connectivity index (χ3n) is 6.43. The van der Waals surface area contributed by atoms with Crippen LogP contribution in [0.15, 0.2) is 18.2 Å². The highest BCUT2D eigenvalue weighted by molar-refractivity contribution is 7.80. The van der Waals surface area contributed by atoms with Crippen LogP contribution in [0.25, 0.3) is 0 Å². The highest BCUT2D eigenvalue weighted by Crippen LogP contribution is 2.49. The van der Waals surface area contributed by atoms with Crippen LogP contribution in [0.5, 0.6) is 0 Å². The third kappa shape index (κ3) is 2.38. The largest absolute Gasteiger partial charge is 0.367 e. The van der Waals surface area contributed by atoms with Gasteiger partial charge < -0.3 is 4.90 Å². The number of rotatable bonds is 1. The SMILES string of the molecule is CC1CCN2c3ccc([N+](=O)[O-])cc3CC3(C(=O)N(C)C(=S)N(C)C3=O)C2C1. The van der Waals surface area contributed by atoms with Gasteiger partial charge in [0.05, 0.1) is 11.0 Å². The molecule has 0 saturated carbocycles. The van der Waals surface area contributed by atoms with E-state index in [0.29, 0.717) is 24.4 Å². The summed E-state index contributed by atoms with van der Waals surface area (Å²) in [7, 11) is 3.18. The molecule has 0 N–H and O–H groups in total. The summed E-state index contributed by atoms with van der Waals surface area (Å²) < 4.78 is 0. The monoisotopic (exact) mass is 402 g/mol. The zero-order valence-corrected chi connectivity index (χ0v) is 16.9. The summed E-state index contributed by atoms with van der Waals surface area (Å²) in [4.78, 5) is 42.7. The minimum Gasteiger partial charge on any atom is -0.367 e. The fourth-order valence-corrected chi connectivity index (χ4v) is 5.11. The van der Waals surface area contributed by atoms with Crippen molar-refractivity contribution in [1.82, 2.24) is 9.80 Å². The quantitative estimate of drug-likeness (QED) is 0.309. The maximum absolute atomic E-state index is 13.5. The molecule has 0 radical (unpaired) electrons. The lowest BCUT2D eigenvalue weighted by Gasteiger charge is -2.56. The van der Waals surface area contributed by atoms with Crippen LogP contribution in [0.3, 0.4) is 0 Å². The van der Waals surface area contributed by atoms with Gasteiger partial charge in [-0.1, -0.05) is 6.92 Å². The van der Waals surface area contributed by atoms with Crippen molar-refractivity contribution in [3.8, 4) is 0 Å². The fourth-order valence-electron chi connectivity index (χ4n) is 4.95. The second-order valence-electron chi connectivity index (χ2n) is 8.07. The summed E-state index contributed by atoms with van der Waals surface area (Å²) in [6, 6.07) is 4.44. The van der Waals surface area contributed by atoms with Gasteiger partial charge in [-0.2, -0.15) is 0 Å². The number of amides is 2. The molecule has 8 nitrogen and oxygen atoms in total. The molecule has 148 valence electrons. The maximum Gasteiger partial charge on any atom is 0.269 e. The summed E-state index contributed by atoms with van der Waals surface area (Å²) in [5.41, 5.74) is 0.192. The number of non-ortho nitro benzene ring substituents is 1. The predicted molar refractivity (Wildman–Crippen MR) is 107 cm³/mol. The number of nitrogens with zero attached hydrogens (tertiary/aromatic N) is 4. The number of benzene rings is 1. The van der Waals surface area contributed by atoms with E-state index in [0.717, 1.165) is 12.1 Å². The van der Waals surface area contributed by atoms with Crippen LogP contribution < -0.4 is 4.90 Å². The lowest BCUT2D eigenvalue weighted by molar-refractivity contribution is -0.384. The van der Waals surface area contributed by atoms with Crippen LogP contribution in [-0.4, -0.2) is 58.3 Å². The van der Waals surface area contributed by atoms with Gasteiger partial charge >= 0.3 is 0 Å². The first-order chi connectivity index (χ1) is 13.2. The van der Waals surface area contributed by atoms with Gasteiger partial charge in [0.25, 0.3) is 5.69 Å². The van der Waals surface area contributed by atoms with Gasteiger partial charge in [-0.15, -0.1) is 0 Å². The summed E-state index contributed by atoms with van der Waals surface area (Å²) >= 11 is 5.27. The van der Waals surface area contributed by atoms with Gasteiger partial charge in [0.2, 0.25) is 11.8 Å². The molecule has 0 aliphatic carbocycles. The Bertz CT molecular complexity index is 893. The number of fused-ring (bicyclic) bond motifs is 4. The Morgan fingerprint density at radius 3 is 2.46 bits per heavy atom. The molecule has 3 aliphatic rings. The molecule has 9 heteroatoms. The average Bonchev–Trinajstić information content (AvgIpc) is 2.68. The lowest BCUT2D eigenvalue weighted by Crippen LogP contribution is -2.72. The number of hydrogen-bond donors (Lipinski definition) is 0.